The van der Waals surface area contributed by atoms with Gasteiger partial charge in [-0.2, -0.15) is 10.2 Å². The third-order valence-corrected chi connectivity index (χ3v) is 4.21. The van der Waals surface area contributed by atoms with E-state index in [0.717, 1.165) is 24.2 Å². The quantitative estimate of drug-likeness (QED) is 0.911. The van der Waals surface area contributed by atoms with E-state index in [0.29, 0.717) is 6.04 Å². The zero-order valence-corrected chi connectivity index (χ0v) is 12.1. The fourth-order valence-corrected chi connectivity index (χ4v) is 2.89. The molecule has 1 fully saturated rings. The van der Waals surface area contributed by atoms with Gasteiger partial charge in [-0.1, -0.05) is 19.8 Å². The van der Waals surface area contributed by atoms with E-state index in [1.54, 1.807) is 0 Å². The van der Waals surface area contributed by atoms with Crippen molar-refractivity contribution in [3.63, 3.8) is 0 Å². The van der Waals surface area contributed by atoms with Gasteiger partial charge in [0.25, 0.3) is 0 Å². The topological polar surface area (TPSA) is 61.7 Å². The maximum atomic E-state index is 6.01. The van der Waals surface area contributed by atoms with Gasteiger partial charge < -0.3 is 5.73 Å². The van der Waals surface area contributed by atoms with Gasteiger partial charge in [-0.15, -0.1) is 0 Å². The number of nitrogens with two attached hydrogens (primary N) is 1. The summed E-state index contributed by atoms with van der Waals surface area (Å²) in [5.41, 5.74) is 8.18. The van der Waals surface area contributed by atoms with Gasteiger partial charge in [0, 0.05) is 24.0 Å². The summed E-state index contributed by atoms with van der Waals surface area (Å²) in [6.45, 7) is 2.81. The van der Waals surface area contributed by atoms with E-state index in [9.17, 15) is 0 Å². The van der Waals surface area contributed by atoms with Gasteiger partial charge in [0.2, 0.25) is 0 Å². The molecule has 0 spiro atoms. The van der Waals surface area contributed by atoms with Crippen LogP contribution in [-0.2, 0) is 6.54 Å². The van der Waals surface area contributed by atoms with E-state index >= 15 is 0 Å². The van der Waals surface area contributed by atoms with E-state index in [2.05, 4.69) is 34.1 Å². The molecule has 0 saturated heterocycles. The van der Waals surface area contributed by atoms with Gasteiger partial charge in [0.05, 0.1) is 24.5 Å². The molecule has 0 bridgehead atoms. The molecule has 2 N–H and O–H groups in total. The summed E-state index contributed by atoms with van der Waals surface area (Å²) < 4.78 is 4.05. The highest BCUT2D eigenvalue weighted by Crippen LogP contribution is 2.28. The number of hydrogen-bond donors (Lipinski definition) is 1. The molecule has 3 rings (SSSR count). The fraction of sp³-hybridized carbons (Fsp3) is 0.600. The summed E-state index contributed by atoms with van der Waals surface area (Å²) in [5.74, 6) is 0. The summed E-state index contributed by atoms with van der Waals surface area (Å²) in [7, 11) is 0. The van der Waals surface area contributed by atoms with Gasteiger partial charge in [-0.05, 0) is 25.3 Å². The summed E-state index contributed by atoms with van der Waals surface area (Å²) >= 11 is 0. The Morgan fingerprint density at radius 3 is 2.95 bits per heavy atom. The average Bonchev–Trinajstić information content (AvgIpc) is 3.19. The normalized spacial score (nSPS) is 17.7. The van der Waals surface area contributed by atoms with Crippen LogP contribution in [0.2, 0.25) is 0 Å². The lowest BCUT2D eigenvalue weighted by molar-refractivity contribution is 0.460. The van der Waals surface area contributed by atoms with Gasteiger partial charge in [0.1, 0.15) is 0 Å². The van der Waals surface area contributed by atoms with E-state index in [-0.39, 0.29) is 6.04 Å². The summed E-state index contributed by atoms with van der Waals surface area (Å²) in [4.78, 5) is 0. The molecule has 2 aromatic rings. The molecule has 1 unspecified atom stereocenters. The van der Waals surface area contributed by atoms with Crippen molar-refractivity contribution >= 4 is 0 Å². The minimum absolute atomic E-state index is 0.0831. The molecule has 1 aliphatic carbocycles. The highest BCUT2D eigenvalue weighted by atomic mass is 15.3. The molecule has 1 saturated carbocycles. The van der Waals surface area contributed by atoms with Crippen molar-refractivity contribution in [1.82, 2.24) is 19.6 Å². The Morgan fingerprint density at radius 2 is 2.20 bits per heavy atom. The van der Waals surface area contributed by atoms with E-state index in [4.69, 9.17) is 5.73 Å². The van der Waals surface area contributed by atoms with E-state index in [1.807, 2.05) is 17.1 Å². The molecular formula is C15H23N5. The Labute approximate surface area is 119 Å². The maximum Gasteiger partial charge on any atom is 0.0849 e. The first kappa shape index (κ1) is 13.4. The average molecular weight is 273 g/mol. The second kappa shape index (κ2) is 5.79. The van der Waals surface area contributed by atoms with E-state index < -0.39 is 0 Å². The van der Waals surface area contributed by atoms with Gasteiger partial charge in [0.15, 0.2) is 0 Å². The van der Waals surface area contributed by atoms with Gasteiger partial charge >= 0.3 is 0 Å². The summed E-state index contributed by atoms with van der Waals surface area (Å²) in [5, 5.41) is 9.06. The van der Waals surface area contributed by atoms with Crippen LogP contribution in [0.3, 0.4) is 0 Å². The molecule has 0 aromatic carbocycles. The second-order valence-corrected chi connectivity index (χ2v) is 5.71. The first-order valence-corrected chi connectivity index (χ1v) is 7.58. The second-order valence-electron chi connectivity index (χ2n) is 5.71. The van der Waals surface area contributed by atoms with Crippen molar-refractivity contribution in [2.45, 2.75) is 57.7 Å². The Morgan fingerprint density at radius 1 is 1.40 bits per heavy atom. The van der Waals surface area contributed by atoms with Crippen LogP contribution in [0.5, 0.6) is 0 Å². The molecule has 1 atom stereocenters. The standard InChI is InChI=1S/C15H23N5/c1-2-15(16)12-9-17-19(10-12)11-13-7-8-20(18-13)14-5-3-4-6-14/h7-10,14-15H,2-6,11,16H2,1H3. The fourth-order valence-electron chi connectivity index (χ4n) is 2.89. The van der Waals surface area contributed by atoms with E-state index in [1.165, 1.54) is 25.7 Å². The number of aromatic nitrogens is 4. The third-order valence-electron chi connectivity index (χ3n) is 4.21. The molecule has 0 amide bonds. The Balaban J connectivity index is 1.66. The van der Waals surface area contributed by atoms with Gasteiger partial charge in [-0.25, -0.2) is 0 Å². The molecule has 2 aromatic heterocycles. The van der Waals surface area contributed by atoms with Crippen LogP contribution in [0.1, 0.15) is 62.4 Å². The van der Waals surface area contributed by atoms with Crippen molar-refractivity contribution in [3.05, 3.63) is 35.9 Å². The molecular weight excluding hydrogens is 250 g/mol. The van der Waals surface area contributed by atoms with Crippen LogP contribution in [0.25, 0.3) is 0 Å². The van der Waals surface area contributed by atoms with Crippen molar-refractivity contribution in [2.24, 2.45) is 5.73 Å². The SMILES string of the molecule is CCC(N)c1cnn(Cc2ccn(C3CCCC3)n2)c1. The predicted molar refractivity (Wildman–Crippen MR) is 78.3 cm³/mol. The smallest absolute Gasteiger partial charge is 0.0849 e. The van der Waals surface area contributed by atoms with Crippen LogP contribution >= 0.6 is 0 Å². The zero-order chi connectivity index (χ0) is 13.9. The monoisotopic (exact) mass is 273 g/mol. The molecule has 108 valence electrons. The van der Waals surface area contributed by atoms with Crippen LogP contribution in [0, 0.1) is 0 Å². The molecule has 5 heteroatoms. The van der Waals surface area contributed by atoms with Crippen LogP contribution in [0.15, 0.2) is 24.7 Å². The lowest BCUT2D eigenvalue weighted by Gasteiger charge is -2.08. The van der Waals surface area contributed by atoms with Crippen LogP contribution in [-0.4, -0.2) is 19.6 Å². The predicted octanol–water partition coefficient (Wildman–Crippen LogP) is 2.65. The molecule has 5 nitrogen and oxygen atoms in total. The first-order chi connectivity index (χ1) is 9.76. The number of nitrogens with zero attached hydrogens (tertiary/aromatic N) is 4. The number of hydrogen-bond acceptors (Lipinski definition) is 3. The molecule has 2 heterocycles. The summed E-state index contributed by atoms with van der Waals surface area (Å²) in [6, 6.07) is 2.78. The largest absolute Gasteiger partial charge is 0.324 e. The Kier molecular flexibility index (Phi) is 3.87. The lowest BCUT2D eigenvalue weighted by Crippen LogP contribution is -2.08. The van der Waals surface area contributed by atoms with Crippen molar-refractivity contribution in [1.29, 1.82) is 0 Å². The molecule has 0 aliphatic heterocycles. The Bertz CT molecular complexity index is 550. The highest BCUT2D eigenvalue weighted by Gasteiger charge is 2.17. The first-order valence-electron chi connectivity index (χ1n) is 7.58. The number of rotatable bonds is 5. The maximum absolute atomic E-state index is 6.01. The van der Waals surface area contributed by atoms with Crippen LogP contribution in [0.4, 0.5) is 0 Å². The third kappa shape index (κ3) is 2.77. The van der Waals surface area contributed by atoms with Crippen LogP contribution < -0.4 is 5.73 Å². The molecule has 20 heavy (non-hydrogen) atoms. The summed E-state index contributed by atoms with van der Waals surface area (Å²) in [6.07, 6.45) is 12.1. The molecule has 1 aliphatic rings. The minimum Gasteiger partial charge on any atom is -0.324 e. The van der Waals surface area contributed by atoms with Crippen molar-refractivity contribution in [2.75, 3.05) is 0 Å². The van der Waals surface area contributed by atoms with Crippen molar-refractivity contribution < 1.29 is 0 Å². The highest BCUT2D eigenvalue weighted by molar-refractivity contribution is 5.10. The molecule has 0 radical (unpaired) electrons. The lowest BCUT2D eigenvalue weighted by atomic mass is 10.1. The van der Waals surface area contributed by atoms with Crippen molar-refractivity contribution in [3.8, 4) is 0 Å². The zero-order valence-electron chi connectivity index (χ0n) is 12.1. The van der Waals surface area contributed by atoms with Gasteiger partial charge in [-0.3, -0.25) is 9.36 Å². The Hall–Kier alpha value is -1.62. The minimum atomic E-state index is 0.0831.